The van der Waals surface area contributed by atoms with Gasteiger partial charge in [-0.15, -0.1) is 0 Å². The Labute approximate surface area is 123 Å². The first-order valence-electron chi connectivity index (χ1n) is 8.21. The van der Waals surface area contributed by atoms with Gasteiger partial charge in [0.1, 0.15) is 0 Å². The van der Waals surface area contributed by atoms with Crippen molar-refractivity contribution < 1.29 is 0 Å². The lowest BCUT2D eigenvalue weighted by Gasteiger charge is -2.59. The van der Waals surface area contributed by atoms with E-state index in [0.717, 1.165) is 24.3 Å². The van der Waals surface area contributed by atoms with Crippen molar-refractivity contribution in [2.45, 2.75) is 70.1 Å². The van der Waals surface area contributed by atoms with Gasteiger partial charge in [-0.25, -0.2) is 0 Å². The van der Waals surface area contributed by atoms with Crippen molar-refractivity contribution >= 4 is 11.8 Å². The van der Waals surface area contributed by atoms with Gasteiger partial charge in [0.05, 0.1) is 0 Å². The third-order valence-electron chi connectivity index (χ3n) is 6.39. The standard InChI is InChI=1S/C17H31NS/c1-12(18-11-16(2,3)19-4)17-8-13-5-14(9-17)7-15(6-13)10-17/h12-15,18H,5-11H2,1-4H3. The van der Waals surface area contributed by atoms with E-state index in [4.69, 9.17) is 0 Å². The van der Waals surface area contributed by atoms with Gasteiger partial charge in [0.25, 0.3) is 0 Å². The lowest BCUT2D eigenvalue weighted by molar-refractivity contribution is -0.0704. The van der Waals surface area contributed by atoms with Crippen molar-refractivity contribution in [2.75, 3.05) is 12.8 Å². The molecule has 0 spiro atoms. The quantitative estimate of drug-likeness (QED) is 0.805. The van der Waals surface area contributed by atoms with Crippen LogP contribution in [0.25, 0.3) is 0 Å². The van der Waals surface area contributed by atoms with Crippen molar-refractivity contribution in [2.24, 2.45) is 23.2 Å². The van der Waals surface area contributed by atoms with E-state index in [-0.39, 0.29) is 0 Å². The highest BCUT2D eigenvalue weighted by molar-refractivity contribution is 7.99. The summed E-state index contributed by atoms with van der Waals surface area (Å²) in [6.07, 6.45) is 11.5. The second-order valence-electron chi connectivity index (χ2n) is 8.35. The van der Waals surface area contributed by atoms with Crippen molar-refractivity contribution in [3.63, 3.8) is 0 Å². The predicted molar refractivity (Wildman–Crippen MR) is 85.7 cm³/mol. The first kappa shape index (κ1) is 14.3. The summed E-state index contributed by atoms with van der Waals surface area (Å²) in [4.78, 5) is 0. The van der Waals surface area contributed by atoms with Gasteiger partial charge in [-0.1, -0.05) is 0 Å². The Morgan fingerprint density at radius 3 is 2.00 bits per heavy atom. The van der Waals surface area contributed by atoms with Gasteiger partial charge in [-0.3, -0.25) is 0 Å². The second kappa shape index (κ2) is 4.94. The number of hydrogen-bond donors (Lipinski definition) is 1. The normalized spacial score (nSPS) is 42.6. The zero-order valence-electron chi connectivity index (χ0n) is 13.2. The Bertz CT molecular complexity index is 301. The highest BCUT2D eigenvalue weighted by atomic mass is 32.2. The lowest BCUT2D eigenvalue weighted by atomic mass is 9.48. The summed E-state index contributed by atoms with van der Waals surface area (Å²) in [6.45, 7) is 8.34. The highest BCUT2D eigenvalue weighted by Gasteiger charge is 2.53. The van der Waals surface area contributed by atoms with E-state index in [9.17, 15) is 0 Å². The van der Waals surface area contributed by atoms with Gasteiger partial charge in [-0.05, 0) is 88.7 Å². The van der Waals surface area contributed by atoms with Crippen molar-refractivity contribution in [3.05, 3.63) is 0 Å². The highest BCUT2D eigenvalue weighted by Crippen LogP contribution is 2.61. The van der Waals surface area contributed by atoms with E-state index < -0.39 is 0 Å². The van der Waals surface area contributed by atoms with Crippen LogP contribution in [0.1, 0.15) is 59.3 Å². The van der Waals surface area contributed by atoms with Gasteiger partial charge in [0, 0.05) is 17.3 Å². The fourth-order valence-electron chi connectivity index (χ4n) is 5.40. The SMILES string of the molecule is CSC(C)(C)CNC(C)C12CC3CC(CC(C3)C1)C2. The zero-order valence-corrected chi connectivity index (χ0v) is 14.0. The largest absolute Gasteiger partial charge is 0.312 e. The molecule has 0 radical (unpaired) electrons. The molecule has 4 fully saturated rings. The predicted octanol–water partition coefficient (Wildman–Crippen LogP) is 4.32. The average molecular weight is 282 g/mol. The van der Waals surface area contributed by atoms with E-state index in [1.807, 2.05) is 11.8 Å². The van der Waals surface area contributed by atoms with E-state index in [2.05, 4.69) is 32.3 Å². The monoisotopic (exact) mass is 281 g/mol. The third-order valence-corrected chi connectivity index (χ3v) is 7.64. The molecule has 4 aliphatic rings. The number of hydrogen-bond acceptors (Lipinski definition) is 2. The van der Waals surface area contributed by atoms with Crippen LogP contribution in [0.3, 0.4) is 0 Å². The molecule has 0 amide bonds. The topological polar surface area (TPSA) is 12.0 Å². The number of rotatable bonds is 5. The maximum atomic E-state index is 3.91. The van der Waals surface area contributed by atoms with Crippen LogP contribution in [0.4, 0.5) is 0 Å². The molecule has 1 N–H and O–H groups in total. The van der Waals surface area contributed by atoms with E-state index in [1.165, 1.54) is 19.3 Å². The average Bonchev–Trinajstić information content (AvgIpc) is 2.34. The molecule has 1 unspecified atom stereocenters. The van der Waals surface area contributed by atoms with Gasteiger partial charge in [-0.2, -0.15) is 11.8 Å². The molecule has 0 aromatic carbocycles. The summed E-state index contributed by atoms with van der Waals surface area (Å²) < 4.78 is 0.372. The van der Waals surface area contributed by atoms with Crippen LogP contribution in [0.15, 0.2) is 0 Å². The summed E-state index contributed by atoms with van der Waals surface area (Å²) in [5.74, 6) is 3.22. The molecule has 2 heteroatoms. The van der Waals surface area contributed by atoms with Crippen LogP contribution in [0.2, 0.25) is 0 Å². The van der Waals surface area contributed by atoms with E-state index in [0.29, 0.717) is 16.2 Å². The number of thioether (sulfide) groups is 1. The Hall–Kier alpha value is 0.310. The molecule has 4 saturated carbocycles. The first-order valence-corrected chi connectivity index (χ1v) is 9.43. The fraction of sp³-hybridized carbons (Fsp3) is 1.00. The molecular weight excluding hydrogens is 250 g/mol. The molecule has 1 atom stereocenters. The van der Waals surface area contributed by atoms with Crippen LogP contribution in [0.5, 0.6) is 0 Å². The molecule has 4 rings (SSSR count). The Morgan fingerprint density at radius 2 is 1.58 bits per heavy atom. The molecule has 0 aromatic heterocycles. The minimum Gasteiger partial charge on any atom is -0.312 e. The van der Waals surface area contributed by atoms with Crippen LogP contribution < -0.4 is 5.32 Å². The molecule has 19 heavy (non-hydrogen) atoms. The summed E-state index contributed by atoms with van der Waals surface area (Å²) in [6, 6.07) is 0.715. The lowest BCUT2D eigenvalue weighted by Crippen LogP contribution is -2.56. The van der Waals surface area contributed by atoms with Gasteiger partial charge in [0.2, 0.25) is 0 Å². The van der Waals surface area contributed by atoms with Crippen LogP contribution in [-0.2, 0) is 0 Å². The smallest absolute Gasteiger partial charge is 0.0225 e. The maximum Gasteiger partial charge on any atom is 0.0225 e. The fourth-order valence-corrected chi connectivity index (χ4v) is 5.62. The summed E-state index contributed by atoms with van der Waals surface area (Å²) in [5.41, 5.74) is 0.656. The van der Waals surface area contributed by atoms with Gasteiger partial charge >= 0.3 is 0 Å². The van der Waals surface area contributed by atoms with E-state index >= 15 is 0 Å². The number of nitrogens with one attached hydrogen (secondary N) is 1. The molecule has 0 heterocycles. The molecular formula is C17H31NS. The molecule has 4 bridgehead atoms. The molecule has 0 saturated heterocycles. The summed E-state index contributed by atoms with van der Waals surface area (Å²) >= 11 is 1.98. The third kappa shape index (κ3) is 2.72. The minimum absolute atomic E-state index is 0.372. The first-order chi connectivity index (χ1) is 8.92. The minimum atomic E-state index is 0.372. The van der Waals surface area contributed by atoms with Crippen LogP contribution >= 0.6 is 11.8 Å². The van der Waals surface area contributed by atoms with Crippen molar-refractivity contribution in [3.8, 4) is 0 Å². The Kier molecular flexibility index (Phi) is 3.71. The molecule has 0 aliphatic heterocycles. The van der Waals surface area contributed by atoms with Gasteiger partial charge < -0.3 is 5.32 Å². The molecule has 110 valence electrons. The van der Waals surface area contributed by atoms with Gasteiger partial charge in [0.15, 0.2) is 0 Å². The maximum absolute atomic E-state index is 3.91. The zero-order chi connectivity index (χ0) is 13.7. The second-order valence-corrected chi connectivity index (χ2v) is 9.86. The molecule has 4 aliphatic carbocycles. The van der Waals surface area contributed by atoms with Crippen molar-refractivity contribution in [1.82, 2.24) is 5.32 Å². The van der Waals surface area contributed by atoms with Crippen molar-refractivity contribution in [1.29, 1.82) is 0 Å². The van der Waals surface area contributed by atoms with Crippen LogP contribution in [0, 0.1) is 23.2 Å². The Morgan fingerprint density at radius 1 is 1.11 bits per heavy atom. The summed E-state index contributed by atoms with van der Waals surface area (Å²) in [7, 11) is 0. The molecule has 1 nitrogen and oxygen atoms in total. The Balaban J connectivity index is 1.64. The van der Waals surface area contributed by atoms with E-state index in [1.54, 1.807) is 19.3 Å². The summed E-state index contributed by atoms with van der Waals surface area (Å²) in [5, 5.41) is 3.91. The molecule has 0 aromatic rings. The van der Waals surface area contributed by atoms with Crippen LogP contribution in [-0.4, -0.2) is 23.6 Å².